The Morgan fingerprint density at radius 3 is 1.05 bits per heavy atom. The summed E-state index contributed by atoms with van der Waals surface area (Å²) in [5, 5.41) is 23.2. The average Bonchev–Trinajstić information content (AvgIpc) is 3.41. The summed E-state index contributed by atoms with van der Waals surface area (Å²) < 4.78 is 5.48. The maximum Gasteiger partial charge on any atom is 0.305 e. The second kappa shape index (κ2) is 64.3. The summed E-state index contributed by atoms with van der Waals surface area (Å²) >= 11 is 0. The van der Waals surface area contributed by atoms with Crippen LogP contribution < -0.4 is 5.32 Å². The molecule has 0 heterocycles. The molecule has 6 heteroatoms. The zero-order chi connectivity index (χ0) is 54.3. The summed E-state index contributed by atoms with van der Waals surface area (Å²) in [6.45, 7) is 4.89. The van der Waals surface area contributed by atoms with E-state index in [9.17, 15) is 19.8 Å². The monoisotopic (exact) mass is 1050 g/mol. The van der Waals surface area contributed by atoms with Crippen molar-refractivity contribution in [3.8, 4) is 0 Å². The minimum absolute atomic E-state index is 0.000591. The lowest BCUT2D eigenvalue weighted by atomic mass is 10.0. The van der Waals surface area contributed by atoms with Gasteiger partial charge in [0.2, 0.25) is 5.91 Å². The van der Waals surface area contributed by atoms with E-state index in [0.717, 1.165) is 51.4 Å². The fourth-order valence-electron chi connectivity index (χ4n) is 10.2. The molecule has 0 radical (unpaired) electrons. The molecule has 1 amide bonds. The van der Waals surface area contributed by atoms with Crippen molar-refractivity contribution in [1.29, 1.82) is 0 Å². The number of hydrogen-bond donors (Lipinski definition) is 3. The number of unbranched alkanes of at least 4 members (excludes halogenated alkanes) is 45. The standard InChI is InChI=1S/C69H129NO5/c1-3-5-7-9-11-13-15-17-19-34-37-41-45-49-53-57-61-67(72)66(65-71)70-68(73)62-58-54-50-46-42-38-35-31-29-27-25-23-21-20-22-24-26-28-30-32-36-40-44-48-52-56-60-64-75-69(74)63-59-55-51-47-43-39-33-18-16-14-12-10-8-6-4-2/h12,14,18,20-21,33,57,61,66-67,71-72H,3-11,13,15-17,19,22-32,34-56,58-60,62-65H2,1-2H3,(H,70,73)/b14-12-,21-20-,33-18-,61-57+. The zero-order valence-electron chi connectivity index (χ0n) is 50.3. The van der Waals surface area contributed by atoms with Gasteiger partial charge in [-0.1, -0.05) is 300 Å². The lowest BCUT2D eigenvalue weighted by molar-refractivity contribution is -0.143. The SMILES string of the molecule is CCCCC/C=C\C/C=C\CCCCCCCC(=O)OCCCCCCCCCCCCCC/C=C\CCCCCCCCCCCCCC(=O)NC(CO)C(O)/C=C/CCCCCCCCCCCCCCCC. The Morgan fingerprint density at radius 2 is 0.667 bits per heavy atom. The highest BCUT2D eigenvalue weighted by atomic mass is 16.5. The molecule has 0 aliphatic heterocycles. The largest absolute Gasteiger partial charge is 0.466 e. The average molecular weight is 1050 g/mol. The van der Waals surface area contributed by atoms with E-state index in [1.807, 2.05) is 6.08 Å². The summed E-state index contributed by atoms with van der Waals surface area (Å²) in [5.74, 6) is -0.0668. The highest BCUT2D eigenvalue weighted by Crippen LogP contribution is 2.17. The van der Waals surface area contributed by atoms with Gasteiger partial charge >= 0.3 is 5.97 Å². The minimum atomic E-state index is -0.846. The number of aliphatic hydroxyl groups excluding tert-OH is 2. The molecular weight excluding hydrogens is 923 g/mol. The molecule has 440 valence electrons. The van der Waals surface area contributed by atoms with Crippen LogP contribution in [0.1, 0.15) is 354 Å². The summed E-state index contributed by atoms with van der Waals surface area (Å²) in [4.78, 5) is 24.5. The zero-order valence-corrected chi connectivity index (χ0v) is 50.3. The molecule has 2 unspecified atom stereocenters. The van der Waals surface area contributed by atoms with Crippen LogP contribution in [0.2, 0.25) is 0 Å². The fourth-order valence-corrected chi connectivity index (χ4v) is 10.2. The molecule has 0 aliphatic rings. The van der Waals surface area contributed by atoms with Gasteiger partial charge in [-0.3, -0.25) is 9.59 Å². The lowest BCUT2D eigenvalue weighted by Crippen LogP contribution is -2.45. The van der Waals surface area contributed by atoms with Crippen LogP contribution in [0.3, 0.4) is 0 Å². The van der Waals surface area contributed by atoms with E-state index >= 15 is 0 Å². The quantitative estimate of drug-likeness (QED) is 0.0320. The summed E-state index contributed by atoms with van der Waals surface area (Å²) in [6.07, 6.45) is 83.1. The third-order valence-corrected chi connectivity index (χ3v) is 15.3. The van der Waals surface area contributed by atoms with Gasteiger partial charge in [0.25, 0.3) is 0 Å². The summed E-state index contributed by atoms with van der Waals surface area (Å²) in [6, 6.07) is -0.629. The molecule has 0 rings (SSSR count). The van der Waals surface area contributed by atoms with E-state index in [1.54, 1.807) is 6.08 Å². The summed E-state index contributed by atoms with van der Waals surface area (Å²) in [5.41, 5.74) is 0. The van der Waals surface area contributed by atoms with Crippen LogP contribution in [0.4, 0.5) is 0 Å². The highest BCUT2D eigenvalue weighted by molar-refractivity contribution is 5.76. The number of carbonyl (C=O) groups is 2. The van der Waals surface area contributed by atoms with Crippen LogP contribution in [0.15, 0.2) is 48.6 Å². The van der Waals surface area contributed by atoms with Crippen molar-refractivity contribution in [1.82, 2.24) is 5.32 Å². The number of allylic oxidation sites excluding steroid dienone is 7. The number of aliphatic hydroxyl groups is 2. The molecule has 0 aromatic heterocycles. The van der Waals surface area contributed by atoms with Gasteiger partial charge < -0.3 is 20.3 Å². The maximum absolute atomic E-state index is 12.5. The van der Waals surface area contributed by atoms with Crippen LogP contribution in [0, 0.1) is 0 Å². The number of hydrogen-bond acceptors (Lipinski definition) is 5. The van der Waals surface area contributed by atoms with E-state index in [0.29, 0.717) is 19.4 Å². The fraction of sp³-hybridized carbons (Fsp3) is 0.855. The van der Waals surface area contributed by atoms with Gasteiger partial charge in [0.15, 0.2) is 0 Å². The second-order valence-electron chi connectivity index (χ2n) is 22.8. The van der Waals surface area contributed by atoms with Gasteiger partial charge in [0.05, 0.1) is 25.4 Å². The molecule has 6 nitrogen and oxygen atoms in total. The van der Waals surface area contributed by atoms with Gasteiger partial charge in [-0.05, 0) is 89.9 Å². The van der Waals surface area contributed by atoms with Crippen LogP contribution in [0.25, 0.3) is 0 Å². The van der Waals surface area contributed by atoms with Gasteiger partial charge in [0, 0.05) is 12.8 Å². The number of ether oxygens (including phenoxy) is 1. The number of nitrogens with one attached hydrogen (secondary N) is 1. The van der Waals surface area contributed by atoms with Crippen molar-refractivity contribution in [2.24, 2.45) is 0 Å². The second-order valence-corrected chi connectivity index (χ2v) is 22.8. The van der Waals surface area contributed by atoms with Gasteiger partial charge in [-0.2, -0.15) is 0 Å². The smallest absolute Gasteiger partial charge is 0.305 e. The number of rotatable bonds is 62. The molecule has 3 N–H and O–H groups in total. The van der Waals surface area contributed by atoms with Gasteiger partial charge in [-0.15, -0.1) is 0 Å². The van der Waals surface area contributed by atoms with Crippen molar-refractivity contribution >= 4 is 11.9 Å². The first-order chi connectivity index (χ1) is 37.0. The third kappa shape index (κ3) is 60.9. The van der Waals surface area contributed by atoms with Crippen LogP contribution in [-0.4, -0.2) is 47.4 Å². The Kier molecular flexibility index (Phi) is 62.5. The van der Waals surface area contributed by atoms with Crippen LogP contribution in [-0.2, 0) is 14.3 Å². The predicted molar refractivity (Wildman–Crippen MR) is 329 cm³/mol. The topological polar surface area (TPSA) is 95.9 Å². The molecular formula is C69H129NO5. The number of amides is 1. The Morgan fingerprint density at radius 1 is 0.373 bits per heavy atom. The van der Waals surface area contributed by atoms with E-state index in [1.165, 1.54) is 276 Å². The predicted octanol–water partition coefficient (Wildman–Crippen LogP) is 21.3. The number of esters is 1. The Bertz CT molecular complexity index is 1260. The first-order valence-corrected chi connectivity index (χ1v) is 33.4. The molecule has 0 saturated carbocycles. The first-order valence-electron chi connectivity index (χ1n) is 33.4. The minimum Gasteiger partial charge on any atom is -0.466 e. The van der Waals surface area contributed by atoms with Crippen molar-refractivity contribution < 1.29 is 24.5 Å². The van der Waals surface area contributed by atoms with Crippen molar-refractivity contribution in [2.45, 2.75) is 366 Å². The van der Waals surface area contributed by atoms with E-state index < -0.39 is 12.1 Å². The normalized spacial score (nSPS) is 12.9. The first kappa shape index (κ1) is 72.8. The molecule has 0 aliphatic carbocycles. The van der Waals surface area contributed by atoms with Crippen LogP contribution >= 0.6 is 0 Å². The van der Waals surface area contributed by atoms with Gasteiger partial charge in [-0.25, -0.2) is 0 Å². The Labute approximate surface area is 467 Å². The molecule has 0 saturated heterocycles. The van der Waals surface area contributed by atoms with E-state index in [4.69, 9.17) is 4.74 Å². The maximum atomic E-state index is 12.5. The molecule has 0 aromatic carbocycles. The molecule has 75 heavy (non-hydrogen) atoms. The van der Waals surface area contributed by atoms with Crippen molar-refractivity contribution in [2.75, 3.05) is 13.2 Å². The molecule has 0 aromatic rings. The highest BCUT2D eigenvalue weighted by Gasteiger charge is 2.18. The molecule has 0 spiro atoms. The number of carbonyl (C=O) groups excluding carboxylic acids is 2. The Balaban J connectivity index is 3.41. The van der Waals surface area contributed by atoms with E-state index in [2.05, 4.69) is 55.6 Å². The molecule has 0 fully saturated rings. The molecule has 2 atom stereocenters. The molecule has 0 bridgehead atoms. The Hall–Kier alpha value is -2.18. The van der Waals surface area contributed by atoms with E-state index in [-0.39, 0.29) is 18.5 Å². The lowest BCUT2D eigenvalue weighted by Gasteiger charge is -2.20. The summed E-state index contributed by atoms with van der Waals surface area (Å²) in [7, 11) is 0. The van der Waals surface area contributed by atoms with Crippen molar-refractivity contribution in [3.63, 3.8) is 0 Å². The third-order valence-electron chi connectivity index (χ3n) is 15.3. The van der Waals surface area contributed by atoms with Gasteiger partial charge in [0.1, 0.15) is 0 Å². The van der Waals surface area contributed by atoms with Crippen molar-refractivity contribution in [3.05, 3.63) is 48.6 Å². The van der Waals surface area contributed by atoms with Crippen LogP contribution in [0.5, 0.6) is 0 Å².